The average Bonchev–Trinajstić information content (AvgIpc) is 2.40. The Balaban J connectivity index is 3.68. The van der Waals surface area contributed by atoms with Gasteiger partial charge in [-0.3, -0.25) is 0 Å². The first kappa shape index (κ1) is 10.8. The van der Waals surface area contributed by atoms with E-state index in [-0.39, 0.29) is 0 Å². The minimum absolute atomic E-state index is 1.05. The highest BCUT2D eigenvalue weighted by atomic mass is 14.9. The first-order chi connectivity index (χ1) is 6.67. The summed E-state index contributed by atoms with van der Waals surface area (Å²) < 4.78 is 2.19. The van der Waals surface area contributed by atoms with Gasteiger partial charge in [0.1, 0.15) is 0 Å². The lowest BCUT2D eigenvalue weighted by Crippen LogP contribution is -2.26. The molecule has 0 fully saturated rings. The molecular weight excluding hydrogens is 170 g/mol. The molecule has 0 saturated carbocycles. The molecule has 1 heteroatoms. The third-order valence-corrected chi connectivity index (χ3v) is 2.68. The van der Waals surface area contributed by atoms with Crippen molar-refractivity contribution < 1.29 is 0 Å². The predicted octanol–water partition coefficient (Wildman–Crippen LogP) is 1.83. The molecule has 0 saturated heterocycles. The Morgan fingerprint density at radius 2 is 2.00 bits per heavy atom. The van der Waals surface area contributed by atoms with Crippen LogP contribution in [0.15, 0.2) is 6.08 Å². The van der Waals surface area contributed by atoms with E-state index in [0.29, 0.717) is 0 Å². The standard InChI is InChI=1S/C13H19N/c1-6-9-12-11(7-2)10(4)14(5)13(12)8-3/h6-7,9H,4,8H2,1-3,5H3/b9-6-,11-7+. The fraction of sp³-hybridized carbons (Fsp3) is 0.385. The van der Waals surface area contributed by atoms with Crippen LogP contribution >= 0.6 is 0 Å². The molecule has 0 amide bonds. The van der Waals surface area contributed by atoms with Crippen molar-refractivity contribution in [2.75, 3.05) is 0 Å². The second-order valence-electron chi connectivity index (χ2n) is 3.42. The summed E-state index contributed by atoms with van der Waals surface area (Å²) in [6, 6.07) is 0. The Kier molecular flexibility index (Phi) is 3.34. The predicted molar refractivity (Wildman–Crippen MR) is 64.4 cm³/mol. The van der Waals surface area contributed by atoms with Crippen molar-refractivity contribution >= 4 is 18.7 Å². The van der Waals surface area contributed by atoms with Gasteiger partial charge in [0.2, 0.25) is 0 Å². The van der Waals surface area contributed by atoms with Crippen molar-refractivity contribution in [2.45, 2.75) is 27.2 Å². The lowest BCUT2D eigenvalue weighted by Gasteiger charge is -2.00. The lowest BCUT2D eigenvalue weighted by molar-refractivity contribution is 0.812. The van der Waals surface area contributed by atoms with Crippen molar-refractivity contribution in [3.05, 3.63) is 27.9 Å². The highest BCUT2D eigenvalue weighted by molar-refractivity contribution is 5.55. The van der Waals surface area contributed by atoms with E-state index in [1.807, 2.05) is 0 Å². The summed E-state index contributed by atoms with van der Waals surface area (Å²) in [5, 5.41) is 2.37. The SMILES string of the molecule is C=c1/c(=C\C)c(/C=C\C)c(CC)n1C. The Morgan fingerprint density at radius 3 is 2.43 bits per heavy atom. The van der Waals surface area contributed by atoms with Gasteiger partial charge in [0.05, 0.1) is 0 Å². The zero-order chi connectivity index (χ0) is 10.7. The summed E-state index contributed by atoms with van der Waals surface area (Å²) >= 11 is 0. The van der Waals surface area contributed by atoms with Crippen molar-refractivity contribution in [1.82, 2.24) is 4.57 Å². The van der Waals surface area contributed by atoms with E-state index in [1.165, 1.54) is 16.5 Å². The van der Waals surface area contributed by atoms with Gasteiger partial charge in [0, 0.05) is 28.9 Å². The van der Waals surface area contributed by atoms with Gasteiger partial charge in [-0.15, -0.1) is 0 Å². The first-order valence-corrected chi connectivity index (χ1v) is 5.12. The minimum Gasteiger partial charge on any atom is -0.348 e. The Labute approximate surface area is 86.1 Å². The van der Waals surface area contributed by atoms with Crippen LogP contribution in [0.2, 0.25) is 0 Å². The largest absolute Gasteiger partial charge is 0.348 e. The molecule has 76 valence electrons. The normalized spacial score (nSPS) is 13.0. The quantitative estimate of drug-likeness (QED) is 0.669. The molecule has 1 aromatic heterocycles. The van der Waals surface area contributed by atoms with Crippen LogP contribution in [-0.2, 0) is 13.5 Å². The molecule has 0 spiro atoms. The van der Waals surface area contributed by atoms with Crippen LogP contribution in [0.3, 0.4) is 0 Å². The third kappa shape index (κ3) is 1.54. The molecule has 0 radical (unpaired) electrons. The second-order valence-corrected chi connectivity index (χ2v) is 3.42. The van der Waals surface area contributed by atoms with Gasteiger partial charge in [-0.1, -0.05) is 31.7 Å². The molecule has 0 N–H and O–H groups in total. The fourth-order valence-electron chi connectivity index (χ4n) is 1.94. The molecule has 1 heterocycles. The van der Waals surface area contributed by atoms with Crippen LogP contribution in [0.5, 0.6) is 0 Å². The van der Waals surface area contributed by atoms with Gasteiger partial charge in [0.15, 0.2) is 0 Å². The number of hydrogen-bond donors (Lipinski definition) is 0. The van der Waals surface area contributed by atoms with Gasteiger partial charge in [-0.25, -0.2) is 0 Å². The van der Waals surface area contributed by atoms with Gasteiger partial charge in [-0.05, 0) is 20.3 Å². The number of aromatic nitrogens is 1. The summed E-state index contributed by atoms with van der Waals surface area (Å²) in [7, 11) is 2.08. The van der Waals surface area contributed by atoms with Crippen LogP contribution in [0, 0.1) is 0 Å². The molecule has 0 aliphatic heterocycles. The zero-order valence-electron chi connectivity index (χ0n) is 9.59. The van der Waals surface area contributed by atoms with E-state index in [1.54, 1.807) is 0 Å². The van der Waals surface area contributed by atoms with Crippen LogP contribution < -0.4 is 10.6 Å². The molecule has 1 nitrogen and oxygen atoms in total. The molecule has 14 heavy (non-hydrogen) atoms. The topological polar surface area (TPSA) is 4.93 Å². The smallest absolute Gasteiger partial charge is 0.0409 e. The molecule has 0 aliphatic carbocycles. The molecule has 0 aromatic carbocycles. The second kappa shape index (κ2) is 4.32. The van der Waals surface area contributed by atoms with Gasteiger partial charge < -0.3 is 4.57 Å². The number of hydrogen-bond acceptors (Lipinski definition) is 0. The van der Waals surface area contributed by atoms with E-state index in [0.717, 1.165) is 11.8 Å². The Bertz CT molecular complexity index is 447. The maximum Gasteiger partial charge on any atom is 0.0409 e. The van der Waals surface area contributed by atoms with Gasteiger partial charge in [0.25, 0.3) is 0 Å². The van der Waals surface area contributed by atoms with E-state index in [9.17, 15) is 0 Å². The first-order valence-electron chi connectivity index (χ1n) is 5.12. The molecule has 1 rings (SSSR count). The van der Waals surface area contributed by atoms with Crippen molar-refractivity contribution in [2.24, 2.45) is 7.05 Å². The van der Waals surface area contributed by atoms with E-state index >= 15 is 0 Å². The lowest BCUT2D eigenvalue weighted by atomic mass is 10.1. The minimum atomic E-state index is 1.05. The summed E-state index contributed by atoms with van der Waals surface area (Å²) in [5.74, 6) is 0. The Hall–Kier alpha value is -1.24. The summed E-state index contributed by atoms with van der Waals surface area (Å²) in [4.78, 5) is 0. The van der Waals surface area contributed by atoms with Crippen molar-refractivity contribution in [1.29, 1.82) is 0 Å². The maximum absolute atomic E-state index is 4.10. The number of nitrogens with zero attached hydrogens (tertiary/aromatic N) is 1. The van der Waals surface area contributed by atoms with Crippen LogP contribution in [0.1, 0.15) is 32.0 Å². The van der Waals surface area contributed by atoms with E-state index in [2.05, 4.69) is 57.2 Å². The third-order valence-electron chi connectivity index (χ3n) is 2.68. The number of allylic oxidation sites excluding steroid dienone is 1. The molecular formula is C13H19N. The average molecular weight is 189 g/mol. The van der Waals surface area contributed by atoms with Crippen LogP contribution in [0.25, 0.3) is 18.7 Å². The highest BCUT2D eigenvalue weighted by Gasteiger charge is 2.05. The molecule has 1 aromatic rings. The van der Waals surface area contributed by atoms with Crippen molar-refractivity contribution in [3.8, 4) is 0 Å². The molecule has 0 atom stereocenters. The van der Waals surface area contributed by atoms with E-state index in [4.69, 9.17) is 0 Å². The number of rotatable bonds is 2. The fourth-order valence-corrected chi connectivity index (χ4v) is 1.94. The Morgan fingerprint density at radius 1 is 1.36 bits per heavy atom. The summed E-state index contributed by atoms with van der Waals surface area (Å²) in [6.07, 6.45) is 7.44. The van der Waals surface area contributed by atoms with E-state index < -0.39 is 0 Å². The van der Waals surface area contributed by atoms with Crippen LogP contribution in [0.4, 0.5) is 0 Å². The summed E-state index contributed by atoms with van der Waals surface area (Å²) in [6.45, 7) is 10.4. The van der Waals surface area contributed by atoms with Crippen LogP contribution in [-0.4, -0.2) is 4.57 Å². The monoisotopic (exact) mass is 189 g/mol. The molecule has 0 unspecified atom stereocenters. The van der Waals surface area contributed by atoms with Gasteiger partial charge in [-0.2, -0.15) is 0 Å². The molecule has 0 aliphatic rings. The summed E-state index contributed by atoms with van der Waals surface area (Å²) in [5.41, 5.74) is 2.69. The van der Waals surface area contributed by atoms with Crippen molar-refractivity contribution in [3.63, 3.8) is 0 Å². The van der Waals surface area contributed by atoms with Gasteiger partial charge >= 0.3 is 0 Å². The maximum atomic E-state index is 4.10. The molecule has 0 bridgehead atoms. The zero-order valence-corrected chi connectivity index (χ0v) is 9.59. The highest BCUT2D eigenvalue weighted by Crippen LogP contribution is 2.05.